The first-order valence-electron chi connectivity index (χ1n) is 8.47. The highest BCUT2D eigenvalue weighted by atomic mass is 32.2. The van der Waals surface area contributed by atoms with Crippen LogP contribution >= 0.6 is 0 Å². The zero-order chi connectivity index (χ0) is 19.2. The lowest BCUT2D eigenvalue weighted by Gasteiger charge is -2.16. The van der Waals surface area contributed by atoms with E-state index in [2.05, 4.69) is 10.9 Å². The van der Waals surface area contributed by atoms with Crippen LogP contribution in [-0.4, -0.2) is 44.4 Å². The zero-order valence-electron chi connectivity index (χ0n) is 14.9. The number of rotatable bonds is 7. The number of benzene rings is 1. The van der Waals surface area contributed by atoms with E-state index in [-0.39, 0.29) is 23.8 Å². The van der Waals surface area contributed by atoms with Crippen molar-refractivity contribution in [3.63, 3.8) is 0 Å². The lowest BCUT2D eigenvalue weighted by molar-refractivity contribution is -0.133. The van der Waals surface area contributed by atoms with E-state index in [1.165, 1.54) is 0 Å². The number of hydrazine groups is 1. The Hall–Kier alpha value is -2.29. The van der Waals surface area contributed by atoms with E-state index in [0.29, 0.717) is 24.5 Å². The van der Waals surface area contributed by atoms with Gasteiger partial charge in [-0.3, -0.25) is 20.4 Å². The fraction of sp³-hybridized carbons (Fsp3) is 0.529. The first-order valence-corrected chi connectivity index (χ1v) is 10.3. The number of hydrogen-bond donors (Lipinski definition) is 2. The van der Waals surface area contributed by atoms with Crippen LogP contribution in [0, 0.1) is 5.92 Å². The van der Waals surface area contributed by atoms with Gasteiger partial charge in [0.25, 0.3) is 5.91 Å². The van der Waals surface area contributed by atoms with Crippen LogP contribution in [0.5, 0.6) is 11.5 Å². The summed E-state index contributed by atoms with van der Waals surface area (Å²) in [5.74, 6) is 0.210. The molecule has 1 heterocycles. The van der Waals surface area contributed by atoms with Gasteiger partial charge in [0.05, 0.1) is 18.1 Å². The van der Waals surface area contributed by atoms with Crippen LogP contribution < -0.4 is 20.3 Å². The first-order chi connectivity index (χ1) is 12.3. The summed E-state index contributed by atoms with van der Waals surface area (Å²) in [5.41, 5.74) is 4.59. The Morgan fingerprint density at radius 2 is 1.85 bits per heavy atom. The van der Waals surface area contributed by atoms with Crippen molar-refractivity contribution >= 4 is 21.7 Å². The number of amides is 2. The van der Waals surface area contributed by atoms with E-state index >= 15 is 0 Å². The maximum atomic E-state index is 12.0. The molecule has 1 fully saturated rings. The lowest BCUT2D eigenvalue weighted by atomic mass is 10.1. The highest BCUT2D eigenvalue weighted by molar-refractivity contribution is 7.91. The van der Waals surface area contributed by atoms with Gasteiger partial charge in [-0.05, 0) is 50.5 Å². The Bertz CT molecular complexity index is 732. The Balaban J connectivity index is 1.73. The van der Waals surface area contributed by atoms with Crippen molar-refractivity contribution in [3.8, 4) is 11.5 Å². The number of carbonyl (C=O) groups is 2. The minimum Gasteiger partial charge on any atom is -0.494 e. The molecule has 1 saturated heterocycles. The number of nitrogens with one attached hydrogen (secondary N) is 2. The summed E-state index contributed by atoms with van der Waals surface area (Å²) in [6.07, 6.45) is -0.283. The van der Waals surface area contributed by atoms with E-state index in [4.69, 9.17) is 9.47 Å². The molecule has 0 bridgehead atoms. The van der Waals surface area contributed by atoms with Crippen LogP contribution in [0.15, 0.2) is 24.3 Å². The quantitative estimate of drug-likeness (QED) is 0.674. The molecule has 2 N–H and O–H groups in total. The number of ether oxygens (including phenoxy) is 2. The molecule has 1 aliphatic rings. The summed E-state index contributed by atoms with van der Waals surface area (Å²) in [6.45, 7) is 4.00. The molecule has 0 radical (unpaired) electrons. The summed E-state index contributed by atoms with van der Waals surface area (Å²) >= 11 is 0. The fourth-order valence-electron chi connectivity index (χ4n) is 2.62. The highest BCUT2D eigenvalue weighted by Gasteiger charge is 2.29. The minimum absolute atomic E-state index is 0.0195. The summed E-state index contributed by atoms with van der Waals surface area (Å²) < 4.78 is 33.6. The normalized spacial score (nSPS) is 19.4. The van der Waals surface area contributed by atoms with Crippen molar-refractivity contribution in [1.82, 2.24) is 10.9 Å². The smallest absolute Gasteiger partial charge is 0.279 e. The van der Waals surface area contributed by atoms with E-state index in [1.54, 1.807) is 31.2 Å². The molecule has 1 aromatic carbocycles. The third-order valence-electron chi connectivity index (χ3n) is 3.94. The van der Waals surface area contributed by atoms with Crippen LogP contribution in [0.2, 0.25) is 0 Å². The van der Waals surface area contributed by atoms with Crippen LogP contribution in [0.3, 0.4) is 0 Å². The Morgan fingerprint density at radius 3 is 2.42 bits per heavy atom. The van der Waals surface area contributed by atoms with Gasteiger partial charge in [0.2, 0.25) is 5.91 Å². The Morgan fingerprint density at radius 1 is 1.19 bits per heavy atom. The summed E-state index contributed by atoms with van der Waals surface area (Å²) in [5, 5.41) is 0. The molecule has 144 valence electrons. The first kappa shape index (κ1) is 20.0. The van der Waals surface area contributed by atoms with Crippen molar-refractivity contribution in [2.75, 3.05) is 18.1 Å². The van der Waals surface area contributed by atoms with E-state index < -0.39 is 27.8 Å². The van der Waals surface area contributed by atoms with Crippen LogP contribution in [0.1, 0.15) is 26.7 Å². The SMILES string of the molecule is CCOc1ccc(O[C@@H](C)C(=O)NNC(=O)C[C@H]2CCS(=O)(=O)C2)cc1. The zero-order valence-corrected chi connectivity index (χ0v) is 15.7. The van der Waals surface area contributed by atoms with Crippen molar-refractivity contribution in [1.29, 1.82) is 0 Å². The van der Waals surface area contributed by atoms with Crippen LogP contribution in [-0.2, 0) is 19.4 Å². The van der Waals surface area contributed by atoms with Gasteiger partial charge in [0, 0.05) is 6.42 Å². The maximum absolute atomic E-state index is 12.0. The molecular formula is C17H24N2O6S. The predicted molar refractivity (Wildman–Crippen MR) is 95.4 cm³/mol. The average Bonchev–Trinajstić information content (AvgIpc) is 2.93. The molecule has 26 heavy (non-hydrogen) atoms. The van der Waals surface area contributed by atoms with Gasteiger partial charge in [0.1, 0.15) is 11.5 Å². The van der Waals surface area contributed by atoms with Gasteiger partial charge in [-0.1, -0.05) is 0 Å². The molecular weight excluding hydrogens is 360 g/mol. The molecule has 0 saturated carbocycles. The Kier molecular flexibility index (Phi) is 6.84. The van der Waals surface area contributed by atoms with Crippen molar-refractivity contribution in [2.24, 2.45) is 5.92 Å². The second kappa shape index (κ2) is 8.88. The molecule has 0 unspecified atom stereocenters. The summed E-state index contributed by atoms with van der Waals surface area (Å²) in [4.78, 5) is 23.8. The molecule has 2 atom stereocenters. The number of hydrogen-bond acceptors (Lipinski definition) is 6. The van der Waals surface area contributed by atoms with Gasteiger partial charge < -0.3 is 9.47 Å². The molecule has 2 amide bonds. The molecule has 9 heteroatoms. The Labute approximate surface area is 153 Å². The summed E-state index contributed by atoms with van der Waals surface area (Å²) in [6, 6.07) is 6.85. The van der Waals surface area contributed by atoms with Crippen molar-refractivity contribution < 1.29 is 27.5 Å². The maximum Gasteiger partial charge on any atom is 0.279 e. The molecule has 8 nitrogen and oxygen atoms in total. The van der Waals surface area contributed by atoms with Crippen LogP contribution in [0.25, 0.3) is 0 Å². The molecule has 2 rings (SSSR count). The molecule has 0 aliphatic carbocycles. The highest BCUT2D eigenvalue weighted by Crippen LogP contribution is 2.21. The van der Waals surface area contributed by atoms with Gasteiger partial charge >= 0.3 is 0 Å². The fourth-order valence-corrected chi connectivity index (χ4v) is 4.48. The average molecular weight is 384 g/mol. The van der Waals surface area contributed by atoms with Crippen molar-refractivity contribution in [2.45, 2.75) is 32.8 Å². The standard InChI is InChI=1S/C17H24N2O6S/c1-3-24-14-4-6-15(7-5-14)25-12(2)17(21)19-18-16(20)10-13-8-9-26(22,23)11-13/h4-7,12-13H,3,8-11H2,1-2H3,(H,18,20)(H,19,21)/t12-,13+/m0/s1. The third kappa shape index (κ3) is 6.21. The second-order valence-electron chi connectivity index (χ2n) is 6.18. The monoisotopic (exact) mass is 384 g/mol. The van der Waals surface area contributed by atoms with Gasteiger partial charge in [0.15, 0.2) is 15.9 Å². The van der Waals surface area contributed by atoms with E-state index in [9.17, 15) is 18.0 Å². The van der Waals surface area contributed by atoms with Gasteiger partial charge in [-0.25, -0.2) is 8.42 Å². The number of sulfone groups is 1. The van der Waals surface area contributed by atoms with E-state index in [1.807, 2.05) is 6.92 Å². The minimum atomic E-state index is -3.02. The topological polar surface area (TPSA) is 111 Å². The van der Waals surface area contributed by atoms with Gasteiger partial charge in [-0.2, -0.15) is 0 Å². The second-order valence-corrected chi connectivity index (χ2v) is 8.40. The largest absolute Gasteiger partial charge is 0.494 e. The lowest BCUT2D eigenvalue weighted by Crippen LogP contribution is -2.47. The summed E-state index contributed by atoms with van der Waals surface area (Å²) in [7, 11) is -3.02. The third-order valence-corrected chi connectivity index (χ3v) is 5.78. The van der Waals surface area contributed by atoms with Gasteiger partial charge in [-0.15, -0.1) is 0 Å². The molecule has 0 spiro atoms. The molecule has 1 aromatic rings. The van der Waals surface area contributed by atoms with E-state index in [0.717, 1.165) is 0 Å². The van der Waals surface area contributed by atoms with Crippen molar-refractivity contribution in [3.05, 3.63) is 24.3 Å². The predicted octanol–water partition coefficient (Wildman–Crippen LogP) is 0.825. The number of carbonyl (C=O) groups excluding carboxylic acids is 2. The molecule has 1 aliphatic heterocycles. The molecule has 0 aromatic heterocycles. The van der Waals surface area contributed by atoms with Crippen LogP contribution in [0.4, 0.5) is 0 Å².